The van der Waals surface area contributed by atoms with E-state index in [-0.39, 0.29) is 11.3 Å². The van der Waals surface area contributed by atoms with Crippen LogP contribution in [0.4, 0.5) is 0 Å². The number of nitrogens with one attached hydrogen (secondary N) is 1. The molecule has 96 valence electrons. The Morgan fingerprint density at radius 2 is 1.78 bits per heavy atom. The molecule has 0 bridgehead atoms. The Balaban J connectivity index is 2.82. The van der Waals surface area contributed by atoms with Gasteiger partial charge in [0.15, 0.2) is 0 Å². The first kappa shape index (κ1) is 13.5. The molecule has 0 saturated carbocycles. The molecule has 18 heavy (non-hydrogen) atoms. The minimum atomic E-state index is -1.77. The highest BCUT2D eigenvalue weighted by Gasteiger charge is 2.29. The number of phenolic OH excluding ortho intramolecular Hbond substituents is 1. The van der Waals surface area contributed by atoms with E-state index in [0.717, 1.165) is 7.11 Å². The molecule has 7 nitrogen and oxygen atoms in total. The molecule has 0 saturated heterocycles. The molecule has 0 aromatic heterocycles. The predicted molar refractivity (Wildman–Crippen MR) is 59.0 cm³/mol. The molecule has 0 radical (unpaired) electrons. The van der Waals surface area contributed by atoms with Gasteiger partial charge in [0.05, 0.1) is 7.11 Å². The lowest BCUT2D eigenvalue weighted by Gasteiger charge is -2.12. The van der Waals surface area contributed by atoms with Crippen LogP contribution in [0.5, 0.6) is 5.75 Å². The van der Waals surface area contributed by atoms with E-state index in [1.54, 1.807) is 0 Å². The molecule has 0 aliphatic carbocycles. The number of carbonyl (C=O) groups is 3. The highest BCUT2D eigenvalue weighted by atomic mass is 16.5. The van der Waals surface area contributed by atoms with Gasteiger partial charge in [-0.25, -0.2) is 9.59 Å². The summed E-state index contributed by atoms with van der Waals surface area (Å²) in [5, 5.41) is 19.8. The van der Waals surface area contributed by atoms with Gasteiger partial charge in [-0.2, -0.15) is 0 Å². The molecule has 1 amide bonds. The quantitative estimate of drug-likeness (QED) is 0.503. The van der Waals surface area contributed by atoms with E-state index in [9.17, 15) is 14.4 Å². The molecule has 1 unspecified atom stereocenters. The third-order valence-corrected chi connectivity index (χ3v) is 2.09. The number of aromatic hydroxyl groups is 1. The Kier molecular flexibility index (Phi) is 4.25. The summed E-state index contributed by atoms with van der Waals surface area (Å²) in [6.07, 6.45) is 0. The summed E-state index contributed by atoms with van der Waals surface area (Å²) >= 11 is 0. The van der Waals surface area contributed by atoms with Crippen LogP contribution in [0.15, 0.2) is 24.3 Å². The summed E-state index contributed by atoms with van der Waals surface area (Å²) in [7, 11) is 1.02. The van der Waals surface area contributed by atoms with Crippen LogP contribution in [0.2, 0.25) is 0 Å². The fraction of sp³-hybridized carbons (Fsp3) is 0.182. The first-order valence-electron chi connectivity index (χ1n) is 4.86. The third kappa shape index (κ3) is 3.21. The number of hydrogen-bond acceptors (Lipinski definition) is 5. The number of phenols is 1. The molecule has 0 fully saturated rings. The lowest BCUT2D eigenvalue weighted by atomic mass is 10.2. The van der Waals surface area contributed by atoms with E-state index in [1.165, 1.54) is 24.3 Å². The molecular weight excluding hydrogens is 242 g/mol. The molecule has 1 atom stereocenters. The molecule has 7 heteroatoms. The lowest BCUT2D eigenvalue weighted by molar-refractivity contribution is -0.152. The van der Waals surface area contributed by atoms with Crippen LogP contribution in [-0.2, 0) is 14.3 Å². The number of hydrogen-bond donors (Lipinski definition) is 3. The monoisotopic (exact) mass is 253 g/mol. The normalized spacial score (nSPS) is 11.4. The summed E-state index contributed by atoms with van der Waals surface area (Å²) < 4.78 is 4.26. The fourth-order valence-corrected chi connectivity index (χ4v) is 1.17. The maximum absolute atomic E-state index is 11.6. The van der Waals surface area contributed by atoms with Gasteiger partial charge in [-0.15, -0.1) is 0 Å². The molecule has 3 N–H and O–H groups in total. The standard InChI is InChI=1S/C11H11NO6/c1-18-11(17)8(10(15)16)12-9(14)6-2-4-7(13)5-3-6/h2-5,8,13H,1H3,(H,12,14)(H,15,16). The number of amides is 1. The van der Waals surface area contributed by atoms with Gasteiger partial charge >= 0.3 is 11.9 Å². The van der Waals surface area contributed by atoms with Crippen molar-refractivity contribution < 1.29 is 29.3 Å². The maximum atomic E-state index is 11.6. The van der Waals surface area contributed by atoms with E-state index in [4.69, 9.17) is 10.2 Å². The first-order valence-corrected chi connectivity index (χ1v) is 4.86. The average molecular weight is 253 g/mol. The van der Waals surface area contributed by atoms with Crippen LogP contribution < -0.4 is 5.32 Å². The Morgan fingerprint density at radius 3 is 2.22 bits per heavy atom. The zero-order chi connectivity index (χ0) is 13.7. The van der Waals surface area contributed by atoms with Crippen LogP contribution in [0, 0.1) is 0 Å². The molecule has 0 aliphatic rings. The lowest BCUT2D eigenvalue weighted by Crippen LogP contribution is -2.47. The maximum Gasteiger partial charge on any atom is 0.340 e. The van der Waals surface area contributed by atoms with Gasteiger partial charge in [-0.05, 0) is 24.3 Å². The number of ether oxygens (including phenoxy) is 1. The summed E-state index contributed by atoms with van der Waals surface area (Å²) in [6.45, 7) is 0. The highest BCUT2D eigenvalue weighted by Crippen LogP contribution is 2.09. The molecule has 1 aromatic carbocycles. The Bertz CT molecular complexity index is 467. The highest BCUT2D eigenvalue weighted by molar-refractivity contribution is 6.05. The molecule has 0 aliphatic heterocycles. The Morgan fingerprint density at radius 1 is 1.22 bits per heavy atom. The van der Waals surface area contributed by atoms with Gasteiger partial charge in [0.2, 0.25) is 6.04 Å². The fourth-order valence-electron chi connectivity index (χ4n) is 1.17. The molecule has 1 aromatic rings. The number of aliphatic carboxylic acids is 1. The zero-order valence-corrected chi connectivity index (χ0v) is 9.41. The van der Waals surface area contributed by atoms with Crippen molar-refractivity contribution >= 4 is 17.8 Å². The van der Waals surface area contributed by atoms with Crippen LogP contribution >= 0.6 is 0 Å². The number of methoxy groups -OCH3 is 1. The second-order valence-electron chi connectivity index (χ2n) is 3.31. The van der Waals surface area contributed by atoms with Crippen LogP contribution in [0.25, 0.3) is 0 Å². The van der Waals surface area contributed by atoms with Crippen LogP contribution in [0.3, 0.4) is 0 Å². The number of carboxylic acid groups (broad SMARTS) is 1. The molecular formula is C11H11NO6. The van der Waals surface area contributed by atoms with Crippen molar-refractivity contribution in [3.63, 3.8) is 0 Å². The second kappa shape index (κ2) is 5.67. The van der Waals surface area contributed by atoms with Crippen molar-refractivity contribution in [2.24, 2.45) is 0 Å². The van der Waals surface area contributed by atoms with E-state index < -0.39 is 23.9 Å². The summed E-state index contributed by atoms with van der Waals surface area (Å²) in [5.74, 6) is -3.38. The van der Waals surface area contributed by atoms with Crippen LogP contribution in [0.1, 0.15) is 10.4 Å². The summed E-state index contributed by atoms with van der Waals surface area (Å²) in [5.41, 5.74) is 0.114. The Labute approximate surface area is 102 Å². The zero-order valence-electron chi connectivity index (χ0n) is 9.41. The predicted octanol–water partition coefficient (Wildman–Crippen LogP) is -0.252. The van der Waals surface area contributed by atoms with Crippen molar-refractivity contribution in [3.05, 3.63) is 29.8 Å². The average Bonchev–Trinajstić information content (AvgIpc) is 2.35. The number of benzene rings is 1. The van der Waals surface area contributed by atoms with Crippen molar-refractivity contribution in [1.29, 1.82) is 0 Å². The van der Waals surface area contributed by atoms with Crippen molar-refractivity contribution in [1.82, 2.24) is 5.32 Å². The smallest absolute Gasteiger partial charge is 0.340 e. The van der Waals surface area contributed by atoms with E-state index >= 15 is 0 Å². The second-order valence-corrected chi connectivity index (χ2v) is 3.31. The Hall–Kier alpha value is -2.57. The number of carbonyl (C=O) groups excluding carboxylic acids is 2. The van der Waals surface area contributed by atoms with Gasteiger partial charge in [0.25, 0.3) is 5.91 Å². The molecule has 1 rings (SSSR count). The summed E-state index contributed by atoms with van der Waals surface area (Å²) in [4.78, 5) is 33.5. The van der Waals surface area contributed by atoms with Gasteiger partial charge in [0.1, 0.15) is 5.75 Å². The van der Waals surface area contributed by atoms with Gasteiger partial charge in [0, 0.05) is 5.56 Å². The van der Waals surface area contributed by atoms with E-state index in [2.05, 4.69) is 4.74 Å². The molecule has 0 heterocycles. The first-order chi connectivity index (χ1) is 8.45. The summed E-state index contributed by atoms with van der Waals surface area (Å²) in [6, 6.07) is 3.35. The van der Waals surface area contributed by atoms with Crippen molar-refractivity contribution in [2.75, 3.05) is 7.11 Å². The largest absolute Gasteiger partial charge is 0.508 e. The third-order valence-electron chi connectivity index (χ3n) is 2.09. The SMILES string of the molecule is COC(=O)C(NC(=O)c1ccc(O)cc1)C(=O)O. The number of carboxylic acids is 1. The molecule has 0 spiro atoms. The van der Waals surface area contributed by atoms with E-state index in [0.29, 0.717) is 0 Å². The van der Waals surface area contributed by atoms with Gasteiger partial charge < -0.3 is 20.3 Å². The number of rotatable bonds is 4. The minimum absolute atomic E-state index is 0.0331. The van der Waals surface area contributed by atoms with Gasteiger partial charge in [-0.1, -0.05) is 0 Å². The topological polar surface area (TPSA) is 113 Å². The number of esters is 1. The van der Waals surface area contributed by atoms with Crippen molar-refractivity contribution in [2.45, 2.75) is 6.04 Å². The minimum Gasteiger partial charge on any atom is -0.508 e. The van der Waals surface area contributed by atoms with Crippen molar-refractivity contribution in [3.8, 4) is 5.75 Å². The van der Waals surface area contributed by atoms with Crippen LogP contribution in [-0.4, -0.2) is 41.2 Å². The van der Waals surface area contributed by atoms with E-state index in [1.807, 2.05) is 5.32 Å². The van der Waals surface area contributed by atoms with Gasteiger partial charge in [-0.3, -0.25) is 4.79 Å².